The van der Waals surface area contributed by atoms with Crippen molar-refractivity contribution in [2.45, 2.75) is 4.90 Å². The molecule has 1 aromatic rings. The van der Waals surface area contributed by atoms with Crippen molar-refractivity contribution in [2.75, 3.05) is 59.7 Å². The van der Waals surface area contributed by atoms with E-state index in [2.05, 4.69) is 20.8 Å². The van der Waals surface area contributed by atoms with Gasteiger partial charge < -0.3 is 14.6 Å². The minimum absolute atomic E-state index is 0.0144. The van der Waals surface area contributed by atoms with Crippen molar-refractivity contribution in [2.24, 2.45) is 0 Å². The number of methoxy groups -OCH3 is 1. The molecule has 2 rings (SSSR count). The van der Waals surface area contributed by atoms with E-state index in [4.69, 9.17) is 14.6 Å². The molecule has 136 valence electrons. The molecule has 24 heavy (non-hydrogen) atoms. The second-order valence-electron chi connectivity index (χ2n) is 5.38. The molecular formula is C15H23BrN2O5S. The van der Waals surface area contributed by atoms with E-state index in [0.717, 1.165) is 6.54 Å². The van der Waals surface area contributed by atoms with Gasteiger partial charge in [0.1, 0.15) is 10.6 Å². The summed E-state index contributed by atoms with van der Waals surface area (Å²) in [5.41, 5.74) is 0. The standard InChI is InChI=1S/C15H23BrN2O5S/c1-22-14-3-2-13(16)12-15(14)24(20,21)18-6-4-17(5-7-18)8-10-23-11-9-19/h2-3,12,19H,4-11H2,1H3. The topological polar surface area (TPSA) is 79.3 Å². The van der Waals surface area contributed by atoms with E-state index in [9.17, 15) is 8.42 Å². The molecule has 1 aliphatic rings. The predicted octanol–water partition coefficient (Wildman–Crippen LogP) is 0.773. The molecule has 0 aromatic heterocycles. The van der Waals surface area contributed by atoms with Gasteiger partial charge in [0.05, 0.1) is 26.9 Å². The van der Waals surface area contributed by atoms with Crippen LogP contribution in [0.1, 0.15) is 0 Å². The molecule has 1 fully saturated rings. The molecule has 0 spiro atoms. The van der Waals surface area contributed by atoms with Gasteiger partial charge in [0.15, 0.2) is 0 Å². The average molecular weight is 423 g/mol. The summed E-state index contributed by atoms with van der Waals surface area (Å²) in [5, 5.41) is 8.67. The minimum Gasteiger partial charge on any atom is -0.495 e. The molecular weight excluding hydrogens is 400 g/mol. The fourth-order valence-corrected chi connectivity index (χ4v) is 4.66. The number of sulfonamides is 1. The van der Waals surface area contributed by atoms with Crippen LogP contribution in [0.4, 0.5) is 0 Å². The van der Waals surface area contributed by atoms with Crippen molar-refractivity contribution in [3.63, 3.8) is 0 Å². The molecule has 1 saturated heterocycles. The third-order valence-electron chi connectivity index (χ3n) is 3.86. The van der Waals surface area contributed by atoms with Crippen LogP contribution in [0.2, 0.25) is 0 Å². The van der Waals surface area contributed by atoms with Gasteiger partial charge in [-0.25, -0.2) is 8.42 Å². The maximum absolute atomic E-state index is 12.9. The van der Waals surface area contributed by atoms with Gasteiger partial charge in [0.25, 0.3) is 0 Å². The quantitative estimate of drug-likeness (QED) is 0.623. The number of hydrogen-bond acceptors (Lipinski definition) is 6. The van der Waals surface area contributed by atoms with E-state index in [1.165, 1.54) is 11.4 Å². The first kappa shape index (κ1) is 19.6. The first-order valence-corrected chi connectivity index (χ1v) is 9.97. The molecule has 0 saturated carbocycles. The van der Waals surface area contributed by atoms with E-state index in [1.54, 1.807) is 18.2 Å². The Morgan fingerprint density at radius 3 is 2.54 bits per heavy atom. The van der Waals surface area contributed by atoms with E-state index in [-0.39, 0.29) is 11.5 Å². The summed E-state index contributed by atoms with van der Waals surface area (Å²) in [7, 11) is -2.13. The number of halogens is 1. The molecule has 0 unspecified atom stereocenters. The van der Waals surface area contributed by atoms with Gasteiger partial charge in [-0.05, 0) is 18.2 Å². The zero-order valence-electron chi connectivity index (χ0n) is 13.6. The van der Waals surface area contributed by atoms with E-state index in [0.29, 0.717) is 49.6 Å². The predicted molar refractivity (Wildman–Crippen MR) is 93.8 cm³/mol. The number of hydrogen-bond donors (Lipinski definition) is 1. The summed E-state index contributed by atoms with van der Waals surface area (Å²) in [6, 6.07) is 4.97. The molecule has 1 aromatic carbocycles. The van der Waals surface area contributed by atoms with Crippen molar-refractivity contribution in [3.05, 3.63) is 22.7 Å². The maximum atomic E-state index is 12.9. The molecule has 0 radical (unpaired) electrons. The molecule has 0 amide bonds. The Kier molecular flexibility index (Phi) is 7.45. The number of benzene rings is 1. The summed E-state index contributed by atoms with van der Waals surface area (Å²) in [4.78, 5) is 2.33. The number of rotatable bonds is 8. The van der Waals surface area contributed by atoms with E-state index >= 15 is 0 Å². The van der Waals surface area contributed by atoms with Crippen LogP contribution in [0.25, 0.3) is 0 Å². The van der Waals surface area contributed by atoms with Crippen LogP contribution in [-0.4, -0.2) is 82.4 Å². The third kappa shape index (κ3) is 4.90. The number of aliphatic hydroxyl groups is 1. The monoisotopic (exact) mass is 422 g/mol. The summed E-state index contributed by atoms with van der Waals surface area (Å²) < 4.78 is 38.4. The Balaban J connectivity index is 1.99. The molecule has 0 bridgehead atoms. The lowest BCUT2D eigenvalue weighted by Gasteiger charge is -2.34. The Labute approximate surface area is 151 Å². The number of nitrogens with zero attached hydrogens (tertiary/aromatic N) is 2. The molecule has 0 atom stereocenters. The molecule has 1 heterocycles. The lowest BCUT2D eigenvalue weighted by atomic mass is 10.3. The van der Waals surface area contributed by atoms with Crippen molar-refractivity contribution in [1.29, 1.82) is 0 Å². The highest BCUT2D eigenvalue weighted by atomic mass is 79.9. The van der Waals surface area contributed by atoms with Crippen molar-refractivity contribution >= 4 is 26.0 Å². The highest BCUT2D eigenvalue weighted by Gasteiger charge is 2.30. The summed E-state index contributed by atoms with van der Waals surface area (Å²) in [6.45, 7) is 3.77. The van der Waals surface area contributed by atoms with Crippen LogP contribution in [0.3, 0.4) is 0 Å². The van der Waals surface area contributed by atoms with Gasteiger partial charge in [-0.3, -0.25) is 4.90 Å². The highest BCUT2D eigenvalue weighted by Crippen LogP contribution is 2.30. The molecule has 0 aliphatic carbocycles. The lowest BCUT2D eigenvalue weighted by molar-refractivity contribution is 0.0661. The van der Waals surface area contributed by atoms with Gasteiger partial charge in [-0.1, -0.05) is 15.9 Å². The van der Waals surface area contributed by atoms with Gasteiger partial charge in [0.2, 0.25) is 10.0 Å². The molecule has 1 aliphatic heterocycles. The van der Waals surface area contributed by atoms with Crippen LogP contribution in [0.15, 0.2) is 27.6 Å². The third-order valence-corrected chi connectivity index (χ3v) is 6.28. The van der Waals surface area contributed by atoms with Crippen LogP contribution < -0.4 is 4.74 Å². The normalized spacial score (nSPS) is 17.1. The Morgan fingerprint density at radius 2 is 1.92 bits per heavy atom. The fraction of sp³-hybridized carbons (Fsp3) is 0.600. The highest BCUT2D eigenvalue weighted by molar-refractivity contribution is 9.10. The fourth-order valence-electron chi connectivity index (χ4n) is 2.54. The first-order valence-electron chi connectivity index (χ1n) is 7.73. The van der Waals surface area contributed by atoms with Crippen LogP contribution >= 0.6 is 15.9 Å². The van der Waals surface area contributed by atoms with Gasteiger partial charge in [-0.15, -0.1) is 0 Å². The van der Waals surface area contributed by atoms with Gasteiger partial charge in [0, 0.05) is 37.2 Å². The Bertz CT molecular complexity index is 633. The van der Waals surface area contributed by atoms with Crippen molar-refractivity contribution in [1.82, 2.24) is 9.21 Å². The van der Waals surface area contributed by atoms with Crippen LogP contribution in [-0.2, 0) is 14.8 Å². The lowest BCUT2D eigenvalue weighted by Crippen LogP contribution is -2.49. The SMILES string of the molecule is COc1ccc(Br)cc1S(=O)(=O)N1CCN(CCOCCO)CC1. The smallest absolute Gasteiger partial charge is 0.246 e. The zero-order chi connectivity index (χ0) is 17.6. The summed E-state index contributed by atoms with van der Waals surface area (Å²) in [5.74, 6) is 0.345. The minimum atomic E-state index is -3.59. The second-order valence-corrected chi connectivity index (χ2v) is 8.20. The van der Waals surface area contributed by atoms with Crippen molar-refractivity contribution < 1.29 is 23.0 Å². The van der Waals surface area contributed by atoms with Crippen LogP contribution in [0.5, 0.6) is 5.75 Å². The average Bonchev–Trinajstić information content (AvgIpc) is 2.59. The van der Waals surface area contributed by atoms with Crippen LogP contribution in [0, 0.1) is 0 Å². The van der Waals surface area contributed by atoms with Gasteiger partial charge >= 0.3 is 0 Å². The zero-order valence-corrected chi connectivity index (χ0v) is 16.1. The van der Waals surface area contributed by atoms with E-state index < -0.39 is 10.0 Å². The Morgan fingerprint density at radius 1 is 1.21 bits per heavy atom. The van der Waals surface area contributed by atoms with Crippen molar-refractivity contribution in [3.8, 4) is 5.75 Å². The number of piperazine rings is 1. The first-order chi connectivity index (χ1) is 11.5. The molecule has 7 nitrogen and oxygen atoms in total. The Hall–Kier alpha value is -0.710. The summed E-state index contributed by atoms with van der Waals surface area (Å²) >= 11 is 3.31. The van der Waals surface area contributed by atoms with E-state index in [1.807, 2.05) is 0 Å². The summed E-state index contributed by atoms with van der Waals surface area (Å²) in [6.07, 6.45) is 0. The largest absolute Gasteiger partial charge is 0.495 e. The number of aliphatic hydroxyl groups excluding tert-OH is 1. The molecule has 1 N–H and O–H groups in total. The van der Waals surface area contributed by atoms with Gasteiger partial charge in [-0.2, -0.15) is 4.31 Å². The molecule has 9 heteroatoms. The number of ether oxygens (including phenoxy) is 2. The second kappa shape index (κ2) is 9.12. The maximum Gasteiger partial charge on any atom is 0.246 e.